The Labute approximate surface area is 138 Å². The first-order chi connectivity index (χ1) is 11.0. The van der Waals surface area contributed by atoms with Gasteiger partial charge in [0, 0.05) is 17.8 Å². The first-order valence-electron chi connectivity index (χ1n) is 7.37. The molecule has 1 aromatic heterocycles. The lowest BCUT2D eigenvalue weighted by Crippen LogP contribution is -2.37. The van der Waals surface area contributed by atoms with E-state index in [0.717, 1.165) is 10.4 Å². The lowest BCUT2D eigenvalue weighted by molar-refractivity contribution is -0.123. The van der Waals surface area contributed by atoms with Crippen molar-refractivity contribution in [2.24, 2.45) is 11.7 Å². The Morgan fingerprint density at radius 3 is 2.57 bits per heavy atom. The highest BCUT2D eigenvalue weighted by molar-refractivity contribution is 7.09. The van der Waals surface area contributed by atoms with Crippen molar-refractivity contribution in [3.63, 3.8) is 0 Å². The highest BCUT2D eigenvalue weighted by Gasteiger charge is 2.17. The van der Waals surface area contributed by atoms with E-state index in [0.29, 0.717) is 19.3 Å². The molecule has 0 bridgehead atoms. The number of rotatable bonds is 8. The number of aryl methyl sites for hydroxylation is 1. The van der Waals surface area contributed by atoms with Gasteiger partial charge in [-0.2, -0.15) is 0 Å². The molecule has 2 aromatic rings. The quantitative estimate of drug-likeness (QED) is 0.777. The lowest BCUT2D eigenvalue weighted by atomic mass is 9.98. The third kappa shape index (κ3) is 5.83. The Bertz CT molecular complexity index is 641. The van der Waals surface area contributed by atoms with Gasteiger partial charge < -0.3 is 11.1 Å². The van der Waals surface area contributed by atoms with Crippen LogP contribution in [0.15, 0.2) is 41.8 Å². The van der Waals surface area contributed by atoms with E-state index in [4.69, 9.17) is 5.73 Å². The summed E-state index contributed by atoms with van der Waals surface area (Å²) in [5.41, 5.74) is 6.20. The van der Waals surface area contributed by atoms with E-state index in [2.05, 4.69) is 5.32 Å². The molecule has 6 heteroatoms. The molecule has 0 unspecified atom stereocenters. The summed E-state index contributed by atoms with van der Waals surface area (Å²) in [4.78, 5) is 24.5. The molecule has 0 radical (unpaired) electrons. The van der Waals surface area contributed by atoms with E-state index in [1.807, 2.05) is 17.5 Å². The molecule has 4 nitrogen and oxygen atoms in total. The zero-order valence-electron chi connectivity index (χ0n) is 12.6. The Morgan fingerprint density at radius 2 is 1.96 bits per heavy atom. The number of primary amides is 1. The van der Waals surface area contributed by atoms with Gasteiger partial charge >= 0.3 is 0 Å². The number of hydrogen-bond acceptors (Lipinski definition) is 3. The summed E-state index contributed by atoms with van der Waals surface area (Å²) in [5.74, 6) is -1.42. The van der Waals surface area contributed by atoms with E-state index in [1.165, 1.54) is 12.1 Å². The lowest BCUT2D eigenvalue weighted by Gasteiger charge is -2.14. The van der Waals surface area contributed by atoms with Crippen LogP contribution in [0.5, 0.6) is 0 Å². The second-order valence-corrected chi connectivity index (χ2v) is 6.35. The van der Waals surface area contributed by atoms with Crippen molar-refractivity contribution in [2.75, 3.05) is 6.54 Å². The number of nitrogens with one attached hydrogen (secondary N) is 1. The van der Waals surface area contributed by atoms with E-state index in [1.54, 1.807) is 23.5 Å². The van der Waals surface area contributed by atoms with Gasteiger partial charge in [-0.05, 0) is 42.0 Å². The molecule has 2 amide bonds. The summed E-state index contributed by atoms with van der Waals surface area (Å²) >= 11 is 1.61. The fourth-order valence-corrected chi connectivity index (χ4v) is 2.90. The van der Waals surface area contributed by atoms with Crippen LogP contribution < -0.4 is 11.1 Å². The number of halogens is 1. The second-order valence-electron chi connectivity index (χ2n) is 5.31. The molecule has 23 heavy (non-hydrogen) atoms. The van der Waals surface area contributed by atoms with Crippen LogP contribution in [0.1, 0.15) is 16.9 Å². The molecule has 122 valence electrons. The zero-order chi connectivity index (χ0) is 16.7. The van der Waals surface area contributed by atoms with Crippen molar-refractivity contribution in [3.8, 4) is 0 Å². The predicted octanol–water partition coefficient (Wildman–Crippen LogP) is 2.28. The number of carbonyl (C=O) groups excluding carboxylic acids is 2. The van der Waals surface area contributed by atoms with E-state index in [9.17, 15) is 14.0 Å². The summed E-state index contributed by atoms with van der Waals surface area (Å²) < 4.78 is 12.9. The number of nitrogens with two attached hydrogens (primary N) is 1. The third-order valence-corrected chi connectivity index (χ3v) is 4.46. The minimum absolute atomic E-state index is 0.108. The first kappa shape index (κ1) is 17.1. The Kier molecular flexibility index (Phi) is 6.29. The standard InChI is InChI=1S/C17H19FN2O2S/c18-14-5-3-12(4-6-14)10-13(17(19)22)11-20-16(21)8-7-15-2-1-9-23-15/h1-6,9,13H,7-8,10-11H2,(H2,19,22)(H,20,21)/t13-/m0/s1. The maximum Gasteiger partial charge on any atom is 0.222 e. The fourth-order valence-electron chi connectivity index (χ4n) is 2.20. The Hall–Kier alpha value is -2.21. The number of carbonyl (C=O) groups is 2. The van der Waals surface area contributed by atoms with Gasteiger partial charge in [-0.3, -0.25) is 9.59 Å². The average Bonchev–Trinajstić information content (AvgIpc) is 3.04. The van der Waals surface area contributed by atoms with Crippen molar-refractivity contribution in [3.05, 3.63) is 58.0 Å². The molecule has 0 aliphatic carbocycles. The van der Waals surface area contributed by atoms with Crippen molar-refractivity contribution < 1.29 is 14.0 Å². The average molecular weight is 334 g/mol. The van der Waals surface area contributed by atoms with Crippen LogP contribution in [0, 0.1) is 11.7 Å². The van der Waals surface area contributed by atoms with E-state index >= 15 is 0 Å². The number of hydrogen-bond donors (Lipinski definition) is 2. The van der Waals surface area contributed by atoms with Gasteiger partial charge in [0.15, 0.2) is 0 Å². The van der Waals surface area contributed by atoms with Gasteiger partial charge in [-0.25, -0.2) is 4.39 Å². The first-order valence-corrected chi connectivity index (χ1v) is 8.25. The largest absolute Gasteiger partial charge is 0.369 e. The van der Waals surface area contributed by atoms with Gasteiger partial charge in [0.2, 0.25) is 11.8 Å². The summed E-state index contributed by atoms with van der Waals surface area (Å²) in [7, 11) is 0. The van der Waals surface area contributed by atoms with Crippen LogP contribution >= 0.6 is 11.3 Å². The molecule has 0 spiro atoms. The van der Waals surface area contributed by atoms with Crippen LogP contribution in [-0.2, 0) is 22.4 Å². The molecule has 0 aliphatic heterocycles. The monoisotopic (exact) mass is 334 g/mol. The Balaban J connectivity index is 1.80. The SMILES string of the molecule is NC(=O)[C@H](CNC(=O)CCc1cccs1)Cc1ccc(F)cc1. The minimum Gasteiger partial charge on any atom is -0.369 e. The van der Waals surface area contributed by atoms with Crippen molar-refractivity contribution in [2.45, 2.75) is 19.3 Å². The molecule has 1 aromatic carbocycles. The molecule has 1 heterocycles. The fraction of sp³-hybridized carbons (Fsp3) is 0.294. The Morgan fingerprint density at radius 1 is 1.22 bits per heavy atom. The molecule has 1 atom stereocenters. The second kappa shape index (κ2) is 8.43. The van der Waals surface area contributed by atoms with Gasteiger partial charge in [0.25, 0.3) is 0 Å². The zero-order valence-corrected chi connectivity index (χ0v) is 13.4. The highest BCUT2D eigenvalue weighted by atomic mass is 32.1. The van der Waals surface area contributed by atoms with Crippen LogP contribution in [-0.4, -0.2) is 18.4 Å². The van der Waals surface area contributed by atoms with Gasteiger partial charge in [0.05, 0.1) is 5.92 Å². The van der Waals surface area contributed by atoms with Gasteiger partial charge in [-0.15, -0.1) is 11.3 Å². The molecule has 3 N–H and O–H groups in total. The predicted molar refractivity (Wildman–Crippen MR) is 88.4 cm³/mol. The van der Waals surface area contributed by atoms with Crippen LogP contribution in [0.2, 0.25) is 0 Å². The summed E-state index contributed by atoms with van der Waals surface area (Å²) in [6.07, 6.45) is 1.44. The van der Waals surface area contributed by atoms with Gasteiger partial charge in [-0.1, -0.05) is 18.2 Å². The molecule has 0 aliphatic rings. The molecular formula is C17H19FN2O2S. The van der Waals surface area contributed by atoms with Gasteiger partial charge in [0.1, 0.15) is 5.82 Å². The molecule has 0 fully saturated rings. The van der Waals surface area contributed by atoms with Crippen LogP contribution in [0.4, 0.5) is 4.39 Å². The molecule has 2 rings (SSSR count). The van der Waals surface area contributed by atoms with Crippen molar-refractivity contribution in [1.29, 1.82) is 0 Å². The third-order valence-electron chi connectivity index (χ3n) is 3.52. The van der Waals surface area contributed by atoms with Crippen LogP contribution in [0.25, 0.3) is 0 Å². The summed E-state index contributed by atoms with van der Waals surface area (Å²) in [6.45, 7) is 0.190. The van der Waals surface area contributed by atoms with Crippen LogP contribution in [0.3, 0.4) is 0 Å². The summed E-state index contributed by atoms with van der Waals surface area (Å²) in [6, 6.07) is 9.84. The number of benzene rings is 1. The maximum atomic E-state index is 12.9. The smallest absolute Gasteiger partial charge is 0.222 e. The molecular weight excluding hydrogens is 315 g/mol. The van der Waals surface area contributed by atoms with Crippen molar-refractivity contribution >= 4 is 23.2 Å². The summed E-state index contributed by atoms with van der Waals surface area (Å²) in [5, 5.41) is 4.72. The normalized spacial score (nSPS) is 11.9. The minimum atomic E-state index is -0.508. The highest BCUT2D eigenvalue weighted by Crippen LogP contribution is 2.12. The van der Waals surface area contributed by atoms with Crippen molar-refractivity contribution in [1.82, 2.24) is 5.32 Å². The number of thiophene rings is 1. The van der Waals surface area contributed by atoms with E-state index in [-0.39, 0.29) is 18.3 Å². The topological polar surface area (TPSA) is 72.2 Å². The molecule has 0 saturated carbocycles. The van der Waals surface area contributed by atoms with E-state index < -0.39 is 11.8 Å². The number of amides is 2. The molecule has 0 saturated heterocycles. The maximum absolute atomic E-state index is 12.9.